The second kappa shape index (κ2) is 9.65. The van der Waals surface area contributed by atoms with E-state index in [2.05, 4.69) is 5.43 Å². The number of rotatable bonds is 8. The van der Waals surface area contributed by atoms with Crippen molar-refractivity contribution in [2.45, 2.75) is 27.3 Å². The average Bonchev–Trinajstić information content (AvgIpc) is 3.27. The Morgan fingerprint density at radius 2 is 1.75 bits per heavy atom. The number of carbonyl (C=O) groups excluding carboxylic acids is 3. The van der Waals surface area contributed by atoms with Gasteiger partial charge in [0.05, 0.1) is 20.2 Å². The Bertz CT molecular complexity index is 1140. The number of aromatic nitrogens is 1. The lowest BCUT2D eigenvalue weighted by Crippen LogP contribution is -2.27. The Morgan fingerprint density at radius 3 is 2.41 bits per heavy atom. The van der Waals surface area contributed by atoms with Crippen LogP contribution in [-0.2, 0) is 11.3 Å². The standard InChI is InChI=1S/C24H27N3O5/c1-15-11-20(16(2)27(15)25-23(29)18-9-7-6-8-10-18)22(28)14-26(4)13-19-12-21(17(3)32-19)24(30)31-5/h6-12H,13-14H2,1-5H3,(H,25,29). The summed E-state index contributed by atoms with van der Waals surface area (Å²) in [5, 5.41) is 0. The zero-order valence-corrected chi connectivity index (χ0v) is 18.9. The number of Topliss-reactive ketones (excluding diaryl/α,β-unsaturated/α-hetero) is 1. The molecule has 0 aliphatic heterocycles. The van der Waals surface area contributed by atoms with Gasteiger partial charge in [-0.2, -0.15) is 0 Å². The molecule has 0 radical (unpaired) electrons. The summed E-state index contributed by atoms with van der Waals surface area (Å²) in [4.78, 5) is 39.0. The maximum Gasteiger partial charge on any atom is 0.341 e. The molecule has 0 atom stereocenters. The molecule has 0 spiro atoms. The van der Waals surface area contributed by atoms with E-state index in [1.165, 1.54) is 7.11 Å². The molecule has 0 unspecified atom stereocenters. The van der Waals surface area contributed by atoms with Gasteiger partial charge in [-0.3, -0.25) is 24.6 Å². The number of nitrogens with one attached hydrogen (secondary N) is 1. The molecule has 3 rings (SSSR count). The summed E-state index contributed by atoms with van der Waals surface area (Å²) < 4.78 is 12.0. The molecule has 8 heteroatoms. The quantitative estimate of drug-likeness (QED) is 0.428. The van der Waals surface area contributed by atoms with Gasteiger partial charge in [-0.25, -0.2) is 4.79 Å². The monoisotopic (exact) mass is 437 g/mol. The minimum atomic E-state index is -0.457. The zero-order valence-electron chi connectivity index (χ0n) is 18.9. The smallest absolute Gasteiger partial charge is 0.341 e. The number of ether oxygens (including phenoxy) is 1. The van der Waals surface area contributed by atoms with Crippen molar-refractivity contribution in [2.24, 2.45) is 0 Å². The number of aryl methyl sites for hydroxylation is 2. The van der Waals surface area contributed by atoms with Crippen LogP contribution in [-0.4, -0.2) is 47.9 Å². The second-order valence-electron chi connectivity index (χ2n) is 7.70. The molecule has 0 aliphatic carbocycles. The molecule has 32 heavy (non-hydrogen) atoms. The van der Waals surface area contributed by atoms with Gasteiger partial charge in [-0.05, 0) is 52.1 Å². The van der Waals surface area contributed by atoms with Crippen molar-refractivity contribution in [1.29, 1.82) is 0 Å². The second-order valence-corrected chi connectivity index (χ2v) is 7.70. The number of amides is 1. The van der Waals surface area contributed by atoms with E-state index in [4.69, 9.17) is 9.15 Å². The van der Waals surface area contributed by atoms with Gasteiger partial charge < -0.3 is 9.15 Å². The highest BCUT2D eigenvalue weighted by Gasteiger charge is 2.20. The number of hydrogen-bond acceptors (Lipinski definition) is 6. The predicted octanol–water partition coefficient (Wildman–Crippen LogP) is 3.49. The molecule has 0 fully saturated rings. The first-order chi connectivity index (χ1) is 15.2. The van der Waals surface area contributed by atoms with Gasteiger partial charge in [0.25, 0.3) is 5.91 Å². The van der Waals surface area contributed by atoms with Crippen LogP contribution in [0.5, 0.6) is 0 Å². The number of benzene rings is 1. The van der Waals surface area contributed by atoms with E-state index in [0.717, 1.165) is 5.69 Å². The van der Waals surface area contributed by atoms with Gasteiger partial charge in [0, 0.05) is 22.5 Å². The summed E-state index contributed by atoms with van der Waals surface area (Å²) in [6.07, 6.45) is 0. The minimum Gasteiger partial charge on any atom is -0.465 e. The van der Waals surface area contributed by atoms with Crippen molar-refractivity contribution in [3.63, 3.8) is 0 Å². The zero-order chi connectivity index (χ0) is 23.4. The van der Waals surface area contributed by atoms with Crippen molar-refractivity contribution in [3.05, 3.63) is 82.1 Å². The molecule has 1 N–H and O–H groups in total. The summed E-state index contributed by atoms with van der Waals surface area (Å²) >= 11 is 0. The molecule has 8 nitrogen and oxygen atoms in total. The molecule has 0 saturated carbocycles. The van der Waals surface area contributed by atoms with Crippen LogP contribution in [0.3, 0.4) is 0 Å². The van der Waals surface area contributed by atoms with Crippen molar-refractivity contribution in [1.82, 2.24) is 9.58 Å². The Morgan fingerprint density at radius 1 is 1.06 bits per heavy atom. The maximum absolute atomic E-state index is 12.9. The van der Waals surface area contributed by atoms with Gasteiger partial charge in [0.2, 0.25) is 0 Å². The highest BCUT2D eigenvalue weighted by molar-refractivity contribution is 6.01. The summed E-state index contributed by atoms with van der Waals surface area (Å²) in [5.74, 6) is 0.250. The van der Waals surface area contributed by atoms with Crippen LogP contribution in [0.1, 0.15) is 54.0 Å². The number of furan rings is 1. The van der Waals surface area contributed by atoms with E-state index in [9.17, 15) is 14.4 Å². The molecule has 1 amide bonds. The first-order valence-electron chi connectivity index (χ1n) is 10.2. The van der Waals surface area contributed by atoms with Crippen LogP contribution >= 0.6 is 0 Å². The average molecular weight is 437 g/mol. The number of nitrogens with zero attached hydrogens (tertiary/aromatic N) is 2. The van der Waals surface area contributed by atoms with E-state index in [1.54, 1.807) is 66.9 Å². The largest absolute Gasteiger partial charge is 0.465 e. The van der Waals surface area contributed by atoms with Crippen LogP contribution in [0, 0.1) is 20.8 Å². The van der Waals surface area contributed by atoms with Crippen molar-refractivity contribution in [2.75, 3.05) is 26.1 Å². The molecule has 0 aliphatic rings. The molecule has 3 aromatic rings. The SMILES string of the molecule is COC(=O)c1cc(CN(C)CC(=O)c2cc(C)n(NC(=O)c3ccccc3)c2C)oc1C. The normalized spacial score (nSPS) is 10.9. The molecule has 2 heterocycles. The first-order valence-corrected chi connectivity index (χ1v) is 10.2. The molecule has 0 bridgehead atoms. The fourth-order valence-corrected chi connectivity index (χ4v) is 3.56. The molecular weight excluding hydrogens is 410 g/mol. The van der Waals surface area contributed by atoms with Gasteiger partial charge in [-0.15, -0.1) is 0 Å². The lowest BCUT2D eigenvalue weighted by Gasteiger charge is -2.15. The summed E-state index contributed by atoms with van der Waals surface area (Å²) in [6.45, 7) is 5.82. The fourth-order valence-electron chi connectivity index (χ4n) is 3.56. The third-order valence-electron chi connectivity index (χ3n) is 5.19. The first kappa shape index (κ1) is 23.0. The number of methoxy groups -OCH3 is 1. The number of ketones is 1. The lowest BCUT2D eigenvalue weighted by atomic mass is 10.1. The summed E-state index contributed by atoms with van der Waals surface area (Å²) in [5.41, 5.74) is 5.70. The molecular formula is C24H27N3O5. The van der Waals surface area contributed by atoms with Crippen LogP contribution in [0.25, 0.3) is 0 Å². The van der Waals surface area contributed by atoms with Gasteiger partial charge in [0.15, 0.2) is 5.78 Å². The number of carbonyl (C=O) groups is 3. The van der Waals surface area contributed by atoms with E-state index >= 15 is 0 Å². The Hall–Kier alpha value is -3.65. The Labute approximate surface area is 186 Å². The van der Waals surface area contributed by atoms with Gasteiger partial charge in [-0.1, -0.05) is 18.2 Å². The lowest BCUT2D eigenvalue weighted by molar-refractivity contribution is 0.0598. The Kier molecular flexibility index (Phi) is 6.95. The van der Waals surface area contributed by atoms with E-state index < -0.39 is 5.97 Å². The van der Waals surface area contributed by atoms with Gasteiger partial charge >= 0.3 is 5.97 Å². The molecule has 0 saturated heterocycles. The predicted molar refractivity (Wildman–Crippen MR) is 119 cm³/mol. The highest BCUT2D eigenvalue weighted by Crippen LogP contribution is 2.18. The van der Waals surface area contributed by atoms with Gasteiger partial charge in [0.1, 0.15) is 17.1 Å². The van der Waals surface area contributed by atoms with Crippen molar-refractivity contribution < 1.29 is 23.5 Å². The van der Waals surface area contributed by atoms with Crippen LogP contribution in [0.15, 0.2) is 46.9 Å². The van der Waals surface area contributed by atoms with Crippen molar-refractivity contribution in [3.8, 4) is 0 Å². The van der Waals surface area contributed by atoms with Crippen molar-refractivity contribution >= 4 is 17.7 Å². The molecule has 168 valence electrons. The third-order valence-corrected chi connectivity index (χ3v) is 5.19. The highest BCUT2D eigenvalue weighted by atomic mass is 16.5. The van der Waals surface area contributed by atoms with Crippen LogP contribution in [0.4, 0.5) is 0 Å². The number of likely N-dealkylation sites (N-methyl/N-ethyl adjacent to an activating group) is 1. The Balaban J connectivity index is 1.68. The summed E-state index contributed by atoms with van der Waals surface area (Å²) in [6, 6.07) is 12.3. The molecule has 2 aromatic heterocycles. The minimum absolute atomic E-state index is 0.0859. The van der Waals surface area contributed by atoms with Crippen LogP contribution in [0.2, 0.25) is 0 Å². The van der Waals surface area contributed by atoms with E-state index in [-0.39, 0.29) is 18.2 Å². The van der Waals surface area contributed by atoms with Crippen LogP contribution < -0.4 is 5.43 Å². The molecule has 1 aromatic carbocycles. The third kappa shape index (κ3) is 4.97. The fraction of sp³-hybridized carbons (Fsp3) is 0.292. The maximum atomic E-state index is 12.9. The van der Waals surface area contributed by atoms with E-state index in [1.807, 2.05) is 13.0 Å². The topological polar surface area (TPSA) is 93.8 Å². The number of esters is 1. The van der Waals surface area contributed by atoms with E-state index in [0.29, 0.717) is 40.4 Å². The summed E-state index contributed by atoms with van der Waals surface area (Å²) in [7, 11) is 3.11. The number of hydrogen-bond donors (Lipinski definition) is 1.